The fourth-order valence-electron chi connectivity index (χ4n) is 3.57. The zero-order chi connectivity index (χ0) is 21.5. The Kier molecular flexibility index (Phi) is 6.50. The Balaban J connectivity index is 1.69. The number of nitrogens with zero attached hydrogens (tertiary/aromatic N) is 1. The first kappa shape index (κ1) is 20.5. The molecule has 0 radical (unpaired) electrons. The van der Waals surface area contributed by atoms with E-state index in [4.69, 9.17) is 0 Å². The molecule has 0 fully saturated rings. The molecule has 0 aromatic heterocycles. The summed E-state index contributed by atoms with van der Waals surface area (Å²) < 4.78 is 0. The highest BCUT2D eigenvalue weighted by Gasteiger charge is 2.12. The van der Waals surface area contributed by atoms with Crippen molar-refractivity contribution in [1.82, 2.24) is 0 Å². The van der Waals surface area contributed by atoms with Crippen molar-refractivity contribution in [1.29, 1.82) is 0 Å². The lowest BCUT2D eigenvalue weighted by atomic mass is 10.1. The molecule has 0 saturated heterocycles. The van der Waals surface area contributed by atoms with Crippen LogP contribution in [-0.4, -0.2) is 0 Å². The van der Waals surface area contributed by atoms with Crippen LogP contribution in [0.15, 0.2) is 103 Å². The molecule has 152 valence electrons. The lowest BCUT2D eigenvalue weighted by molar-refractivity contribution is 0.798. The standard InChI is InChI=1S/C30H27N/c1-24-12-16-27(17-13-24)22-31(23-28-18-14-25(2)15-19-28)30-11-7-6-10-29(30)21-20-26-8-4-3-5-9-26/h3-19H,22-23H2,1-2H3. The summed E-state index contributed by atoms with van der Waals surface area (Å²) in [5.41, 5.74) is 8.39. The third kappa shape index (κ3) is 5.65. The second-order valence-electron chi connectivity index (χ2n) is 7.96. The molecule has 0 unspecified atom stereocenters. The van der Waals surface area contributed by atoms with Gasteiger partial charge in [-0.15, -0.1) is 0 Å². The van der Waals surface area contributed by atoms with Crippen LogP contribution in [0.5, 0.6) is 0 Å². The number of benzene rings is 4. The maximum atomic E-state index is 3.41. The van der Waals surface area contributed by atoms with Gasteiger partial charge in [0.2, 0.25) is 0 Å². The lowest BCUT2D eigenvalue weighted by Crippen LogP contribution is -2.23. The van der Waals surface area contributed by atoms with E-state index in [1.807, 2.05) is 30.3 Å². The van der Waals surface area contributed by atoms with E-state index in [0.29, 0.717) is 0 Å². The second-order valence-corrected chi connectivity index (χ2v) is 7.96. The van der Waals surface area contributed by atoms with Gasteiger partial charge in [0, 0.05) is 24.2 Å². The van der Waals surface area contributed by atoms with Gasteiger partial charge in [-0.2, -0.15) is 0 Å². The Morgan fingerprint density at radius 2 is 1.06 bits per heavy atom. The van der Waals surface area contributed by atoms with E-state index in [-0.39, 0.29) is 0 Å². The first-order valence-electron chi connectivity index (χ1n) is 10.7. The number of rotatable bonds is 5. The summed E-state index contributed by atoms with van der Waals surface area (Å²) in [7, 11) is 0. The molecule has 0 atom stereocenters. The highest BCUT2D eigenvalue weighted by molar-refractivity contribution is 5.62. The Hall–Kier alpha value is -3.76. The van der Waals surface area contributed by atoms with Gasteiger partial charge in [0.1, 0.15) is 0 Å². The van der Waals surface area contributed by atoms with Gasteiger partial charge in [-0.1, -0.05) is 102 Å². The van der Waals surface area contributed by atoms with Crippen LogP contribution in [0.3, 0.4) is 0 Å². The van der Waals surface area contributed by atoms with Crippen molar-refractivity contribution < 1.29 is 0 Å². The third-order valence-electron chi connectivity index (χ3n) is 5.35. The second kappa shape index (κ2) is 9.83. The van der Waals surface area contributed by atoms with E-state index in [0.717, 1.165) is 29.9 Å². The van der Waals surface area contributed by atoms with Crippen molar-refractivity contribution in [3.8, 4) is 11.8 Å². The minimum atomic E-state index is 0.832. The minimum absolute atomic E-state index is 0.832. The maximum Gasteiger partial charge on any atom is 0.0531 e. The van der Waals surface area contributed by atoms with Gasteiger partial charge in [0.05, 0.1) is 5.69 Å². The smallest absolute Gasteiger partial charge is 0.0531 e. The van der Waals surface area contributed by atoms with Crippen LogP contribution in [0, 0.1) is 25.7 Å². The molecule has 0 bridgehead atoms. The predicted molar refractivity (Wildman–Crippen MR) is 131 cm³/mol. The highest BCUT2D eigenvalue weighted by atomic mass is 15.1. The Morgan fingerprint density at radius 3 is 1.65 bits per heavy atom. The van der Waals surface area contributed by atoms with E-state index < -0.39 is 0 Å². The van der Waals surface area contributed by atoms with Crippen molar-refractivity contribution in [2.45, 2.75) is 26.9 Å². The zero-order valence-corrected chi connectivity index (χ0v) is 18.2. The molecule has 0 aliphatic heterocycles. The van der Waals surface area contributed by atoms with E-state index in [9.17, 15) is 0 Å². The minimum Gasteiger partial charge on any atom is -0.362 e. The quantitative estimate of drug-likeness (QED) is 0.328. The molecule has 4 rings (SSSR count). The molecule has 1 nitrogen and oxygen atoms in total. The average Bonchev–Trinajstić information content (AvgIpc) is 2.81. The first-order valence-corrected chi connectivity index (χ1v) is 10.7. The molecule has 0 amide bonds. The van der Waals surface area contributed by atoms with Crippen LogP contribution in [-0.2, 0) is 13.1 Å². The number of para-hydroxylation sites is 1. The monoisotopic (exact) mass is 401 g/mol. The molecule has 0 spiro atoms. The molecule has 0 heterocycles. The summed E-state index contributed by atoms with van der Waals surface area (Å²) in [5, 5.41) is 0. The largest absolute Gasteiger partial charge is 0.362 e. The van der Waals surface area contributed by atoms with Crippen molar-refractivity contribution in [2.75, 3.05) is 4.90 Å². The van der Waals surface area contributed by atoms with Gasteiger partial charge in [-0.25, -0.2) is 0 Å². The molecule has 31 heavy (non-hydrogen) atoms. The molecular weight excluding hydrogens is 374 g/mol. The van der Waals surface area contributed by atoms with Gasteiger partial charge < -0.3 is 4.90 Å². The van der Waals surface area contributed by atoms with Gasteiger partial charge in [-0.05, 0) is 49.2 Å². The zero-order valence-electron chi connectivity index (χ0n) is 18.2. The van der Waals surface area contributed by atoms with E-state index >= 15 is 0 Å². The third-order valence-corrected chi connectivity index (χ3v) is 5.35. The van der Waals surface area contributed by atoms with Gasteiger partial charge in [-0.3, -0.25) is 0 Å². The molecule has 4 aromatic rings. The summed E-state index contributed by atoms with van der Waals surface area (Å²) in [6.45, 7) is 5.92. The normalized spacial score (nSPS) is 10.3. The molecule has 0 saturated carbocycles. The summed E-state index contributed by atoms with van der Waals surface area (Å²) in [4.78, 5) is 2.42. The highest BCUT2D eigenvalue weighted by Crippen LogP contribution is 2.24. The summed E-state index contributed by atoms with van der Waals surface area (Å²) >= 11 is 0. The van der Waals surface area contributed by atoms with Crippen LogP contribution in [0.4, 0.5) is 5.69 Å². The molecule has 1 heteroatoms. The topological polar surface area (TPSA) is 3.24 Å². The first-order chi connectivity index (χ1) is 15.2. The van der Waals surface area contributed by atoms with Gasteiger partial charge in [0.15, 0.2) is 0 Å². The molecular formula is C30H27N. The number of aryl methyl sites for hydroxylation is 2. The summed E-state index contributed by atoms with van der Waals surface area (Å²) in [5.74, 6) is 6.73. The van der Waals surface area contributed by atoms with Crippen LogP contribution in [0.1, 0.15) is 33.4 Å². The summed E-state index contributed by atoms with van der Waals surface area (Å²) in [6.07, 6.45) is 0. The van der Waals surface area contributed by atoms with Crippen LogP contribution >= 0.6 is 0 Å². The average molecular weight is 402 g/mol. The maximum absolute atomic E-state index is 3.41. The fourth-order valence-corrected chi connectivity index (χ4v) is 3.57. The molecule has 0 aliphatic carbocycles. The van der Waals surface area contributed by atoms with E-state index in [1.54, 1.807) is 0 Å². The van der Waals surface area contributed by atoms with Crippen molar-refractivity contribution in [3.05, 3.63) is 137 Å². The van der Waals surface area contributed by atoms with Crippen LogP contribution in [0.25, 0.3) is 0 Å². The predicted octanol–water partition coefficient (Wildman–Crippen LogP) is 6.91. The van der Waals surface area contributed by atoms with Gasteiger partial charge >= 0.3 is 0 Å². The molecule has 4 aromatic carbocycles. The van der Waals surface area contributed by atoms with Gasteiger partial charge in [0.25, 0.3) is 0 Å². The van der Waals surface area contributed by atoms with E-state index in [2.05, 4.69) is 103 Å². The van der Waals surface area contributed by atoms with E-state index in [1.165, 1.54) is 22.3 Å². The number of anilines is 1. The number of hydrogen-bond donors (Lipinski definition) is 0. The SMILES string of the molecule is Cc1ccc(CN(Cc2ccc(C)cc2)c2ccccc2C#Cc2ccccc2)cc1. The van der Waals surface area contributed by atoms with Crippen molar-refractivity contribution in [3.63, 3.8) is 0 Å². The fraction of sp³-hybridized carbons (Fsp3) is 0.133. The van der Waals surface area contributed by atoms with Crippen LogP contribution < -0.4 is 4.90 Å². The lowest BCUT2D eigenvalue weighted by Gasteiger charge is -2.26. The number of hydrogen-bond acceptors (Lipinski definition) is 1. The molecule has 0 N–H and O–H groups in total. The van der Waals surface area contributed by atoms with Crippen molar-refractivity contribution >= 4 is 5.69 Å². The summed E-state index contributed by atoms with van der Waals surface area (Å²) in [6, 6.07) is 36.2. The Labute approximate surface area is 186 Å². The Morgan fingerprint density at radius 1 is 0.548 bits per heavy atom. The molecule has 0 aliphatic rings. The van der Waals surface area contributed by atoms with Crippen molar-refractivity contribution in [2.24, 2.45) is 0 Å². The van der Waals surface area contributed by atoms with Crippen LogP contribution in [0.2, 0.25) is 0 Å². The Bertz CT molecular complexity index is 1130.